The standard InChI is InChI=1S/C38H41Cl2N7O5/c1-52-38(51)24-12-17-46(18-13-24)32-9-4-15-47-33(32)19-31(44-47)37(50)43-29-8-3-6-27(35(29)40)26-5-2-7-28(34(26)39)42-36(49)30-11-10-23(20-41-30)21-45-16-14-25(48)22-45/h2-3,5-8,10-11,19-20,24-25,32,48H,4,9,12-18,21-22H2,1H3,(H,42,49)(H,43,50)/t25-,32?/m1/s1. The van der Waals surface area contributed by atoms with Gasteiger partial charge in [0.15, 0.2) is 5.69 Å². The van der Waals surface area contributed by atoms with Crippen LogP contribution >= 0.6 is 23.2 Å². The monoisotopic (exact) mass is 745 g/mol. The van der Waals surface area contributed by atoms with Crippen LogP contribution in [0.3, 0.4) is 0 Å². The first-order chi connectivity index (χ1) is 25.2. The maximum atomic E-state index is 13.6. The Balaban J connectivity index is 1.02. The number of esters is 1. The molecule has 12 nitrogen and oxygen atoms in total. The van der Waals surface area contributed by atoms with Crippen LogP contribution in [0.5, 0.6) is 0 Å². The average molecular weight is 747 g/mol. The second-order valence-electron chi connectivity index (χ2n) is 13.6. The molecule has 5 heterocycles. The minimum Gasteiger partial charge on any atom is -0.469 e. The van der Waals surface area contributed by atoms with Crippen LogP contribution in [0.1, 0.15) is 70.4 Å². The fraction of sp³-hybridized carbons (Fsp3) is 0.395. The number of aromatic nitrogens is 3. The summed E-state index contributed by atoms with van der Waals surface area (Å²) >= 11 is 13.8. The fourth-order valence-electron chi connectivity index (χ4n) is 7.47. The van der Waals surface area contributed by atoms with E-state index >= 15 is 0 Å². The number of hydrogen-bond donors (Lipinski definition) is 3. The molecule has 0 radical (unpaired) electrons. The van der Waals surface area contributed by atoms with Crippen LogP contribution in [-0.2, 0) is 22.6 Å². The van der Waals surface area contributed by atoms with E-state index in [0.29, 0.717) is 46.3 Å². The first-order valence-corrected chi connectivity index (χ1v) is 18.4. The molecule has 3 aliphatic heterocycles. The Hall–Kier alpha value is -4.33. The number of β-amino-alcohol motifs (C(OH)–C–C–N with tert-alkyl or cyclic N) is 1. The molecule has 52 heavy (non-hydrogen) atoms. The summed E-state index contributed by atoms with van der Waals surface area (Å²) < 4.78 is 6.86. The number of rotatable bonds is 9. The van der Waals surface area contributed by atoms with Crippen molar-refractivity contribution < 1.29 is 24.2 Å². The number of pyridine rings is 1. The number of halogens is 2. The molecule has 2 aromatic carbocycles. The van der Waals surface area contributed by atoms with Crippen LogP contribution in [0.15, 0.2) is 60.8 Å². The molecule has 2 saturated heterocycles. The molecule has 2 fully saturated rings. The van der Waals surface area contributed by atoms with E-state index in [2.05, 4.69) is 30.5 Å². The zero-order valence-electron chi connectivity index (χ0n) is 28.9. The highest BCUT2D eigenvalue weighted by molar-refractivity contribution is 6.40. The number of aliphatic hydroxyl groups is 1. The quantitative estimate of drug-likeness (QED) is 0.175. The van der Waals surface area contributed by atoms with Gasteiger partial charge in [0.05, 0.1) is 52.3 Å². The number of amides is 2. The van der Waals surface area contributed by atoms with Gasteiger partial charge in [-0.3, -0.25) is 33.8 Å². The van der Waals surface area contributed by atoms with Crippen molar-refractivity contribution in [1.82, 2.24) is 24.6 Å². The Labute approximate surface area is 312 Å². The lowest BCUT2D eigenvalue weighted by atomic mass is 9.93. The number of ether oxygens (including phenoxy) is 1. The number of nitrogens with zero attached hydrogens (tertiary/aromatic N) is 5. The Morgan fingerprint density at radius 3 is 2.13 bits per heavy atom. The highest BCUT2D eigenvalue weighted by Crippen LogP contribution is 2.41. The van der Waals surface area contributed by atoms with Gasteiger partial charge in [-0.15, -0.1) is 0 Å². The molecule has 2 amide bonds. The van der Waals surface area contributed by atoms with E-state index < -0.39 is 5.91 Å². The Kier molecular flexibility index (Phi) is 10.9. The largest absolute Gasteiger partial charge is 0.469 e. The minimum atomic E-state index is -0.412. The summed E-state index contributed by atoms with van der Waals surface area (Å²) in [5, 5.41) is 20.8. The van der Waals surface area contributed by atoms with Gasteiger partial charge >= 0.3 is 5.97 Å². The summed E-state index contributed by atoms with van der Waals surface area (Å²) in [5.41, 5.74) is 4.43. The Bertz CT molecular complexity index is 1960. The predicted octanol–water partition coefficient (Wildman–Crippen LogP) is 6.04. The molecule has 2 aromatic heterocycles. The van der Waals surface area contributed by atoms with Gasteiger partial charge in [0.25, 0.3) is 11.8 Å². The number of piperidine rings is 1. The van der Waals surface area contributed by atoms with Gasteiger partial charge < -0.3 is 20.5 Å². The van der Waals surface area contributed by atoms with E-state index in [9.17, 15) is 19.5 Å². The number of benzene rings is 2. The topological polar surface area (TPSA) is 142 Å². The highest BCUT2D eigenvalue weighted by Gasteiger charge is 2.34. The van der Waals surface area contributed by atoms with Gasteiger partial charge in [-0.2, -0.15) is 5.10 Å². The zero-order chi connectivity index (χ0) is 36.4. The predicted molar refractivity (Wildman–Crippen MR) is 198 cm³/mol. The number of nitrogens with one attached hydrogen (secondary N) is 2. The van der Waals surface area contributed by atoms with Crippen molar-refractivity contribution in [2.45, 2.75) is 57.3 Å². The van der Waals surface area contributed by atoms with Crippen LogP contribution < -0.4 is 10.6 Å². The van der Waals surface area contributed by atoms with Gasteiger partial charge in [-0.25, -0.2) is 0 Å². The summed E-state index contributed by atoms with van der Waals surface area (Å²) in [6, 6.07) is 16.1. The van der Waals surface area contributed by atoms with Crippen molar-refractivity contribution >= 4 is 52.4 Å². The molecule has 272 valence electrons. The van der Waals surface area contributed by atoms with Gasteiger partial charge in [-0.1, -0.05) is 53.5 Å². The van der Waals surface area contributed by atoms with Crippen LogP contribution in [0.25, 0.3) is 11.1 Å². The van der Waals surface area contributed by atoms with E-state index in [1.54, 1.807) is 48.7 Å². The number of carbonyl (C=O) groups is 3. The molecule has 0 spiro atoms. The lowest BCUT2D eigenvalue weighted by Gasteiger charge is -2.38. The fourth-order valence-corrected chi connectivity index (χ4v) is 8.02. The second-order valence-corrected chi connectivity index (χ2v) is 14.4. The van der Waals surface area contributed by atoms with Crippen molar-refractivity contribution in [3.8, 4) is 11.1 Å². The summed E-state index contributed by atoms with van der Waals surface area (Å²) in [6.07, 6.45) is 5.53. The van der Waals surface area contributed by atoms with Gasteiger partial charge in [0, 0.05) is 43.5 Å². The number of hydrogen-bond acceptors (Lipinski definition) is 9. The Morgan fingerprint density at radius 1 is 0.865 bits per heavy atom. The van der Waals surface area contributed by atoms with Crippen LogP contribution in [0, 0.1) is 5.92 Å². The zero-order valence-corrected chi connectivity index (χ0v) is 30.4. The Morgan fingerprint density at radius 2 is 1.54 bits per heavy atom. The molecule has 2 atom stereocenters. The summed E-state index contributed by atoms with van der Waals surface area (Å²) in [4.78, 5) is 47.6. The van der Waals surface area contributed by atoms with E-state index in [0.717, 1.165) is 69.5 Å². The molecule has 3 aliphatic rings. The maximum Gasteiger partial charge on any atom is 0.308 e. The maximum absolute atomic E-state index is 13.6. The average Bonchev–Trinajstić information content (AvgIpc) is 3.79. The lowest BCUT2D eigenvalue weighted by Crippen LogP contribution is -2.40. The van der Waals surface area contributed by atoms with Crippen LogP contribution in [-0.4, -0.2) is 86.8 Å². The molecule has 14 heteroatoms. The molecule has 0 saturated carbocycles. The van der Waals surface area contributed by atoms with E-state index in [1.807, 2.05) is 16.8 Å². The molecular formula is C38H41Cl2N7O5. The normalized spacial score (nSPS) is 19.6. The number of likely N-dealkylation sites (tertiary alicyclic amines) is 2. The highest BCUT2D eigenvalue weighted by atomic mass is 35.5. The van der Waals surface area contributed by atoms with E-state index in [1.165, 1.54) is 7.11 Å². The van der Waals surface area contributed by atoms with Gasteiger partial charge in [-0.05, 0) is 75.0 Å². The van der Waals surface area contributed by atoms with Crippen LogP contribution in [0.4, 0.5) is 11.4 Å². The lowest BCUT2D eigenvalue weighted by molar-refractivity contribution is -0.147. The molecule has 3 N–H and O–H groups in total. The number of carbonyl (C=O) groups excluding carboxylic acids is 3. The number of fused-ring (bicyclic) bond motifs is 1. The first-order valence-electron chi connectivity index (χ1n) is 17.6. The summed E-state index contributed by atoms with van der Waals surface area (Å²) in [7, 11) is 1.43. The van der Waals surface area contributed by atoms with Gasteiger partial charge in [0.1, 0.15) is 5.69 Å². The van der Waals surface area contributed by atoms with Gasteiger partial charge in [0.2, 0.25) is 0 Å². The number of aliphatic hydroxyl groups excluding tert-OH is 1. The number of methoxy groups -OCH3 is 1. The molecule has 7 rings (SSSR count). The third-order valence-corrected chi connectivity index (χ3v) is 11.0. The molecule has 1 unspecified atom stereocenters. The van der Waals surface area contributed by atoms with E-state index in [4.69, 9.17) is 27.9 Å². The van der Waals surface area contributed by atoms with E-state index in [-0.39, 0.29) is 40.7 Å². The van der Waals surface area contributed by atoms with Crippen molar-refractivity contribution in [2.24, 2.45) is 5.92 Å². The second kappa shape index (κ2) is 15.7. The number of anilines is 2. The molecular weight excluding hydrogens is 705 g/mol. The minimum absolute atomic E-state index is 0.0734. The third kappa shape index (κ3) is 7.72. The van der Waals surface area contributed by atoms with Crippen LogP contribution in [0.2, 0.25) is 10.0 Å². The van der Waals surface area contributed by atoms with Crippen molar-refractivity contribution in [2.75, 3.05) is 43.9 Å². The molecule has 0 aliphatic carbocycles. The van der Waals surface area contributed by atoms with Crippen molar-refractivity contribution in [3.05, 3.63) is 93.5 Å². The summed E-state index contributed by atoms with van der Waals surface area (Å²) in [6.45, 7) is 4.40. The summed E-state index contributed by atoms with van der Waals surface area (Å²) in [5.74, 6) is -1.02. The first kappa shape index (κ1) is 36.0. The molecule has 0 bridgehead atoms. The number of aryl methyl sites for hydroxylation is 1. The van der Waals surface area contributed by atoms with Crippen molar-refractivity contribution in [3.63, 3.8) is 0 Å². The van der Waals surface area contributed by atoms with Crippen molar-refractivity contribution in [1.29, 1.82) is 0 Å². The molecule has 4 aromatic rings. The smallest absolute Gasteiger partial charge is 0.308 e. The third-order valence-electron chi connectivity index (χ3n) is 10.2. The SMILES string of the molecule is COC(=O)C1CCN(C2CCCn3nc(C(=O)Nc4cccc(-c5cccc(NC(=O)c6ccc(CN7CC[C@@H](O)C7)cn6)c5Cl)c4Cl)cc32)CC1.